The van der Waals surface area contributed by atoms with E-state index in [0.717, 1.165) is 17.1 Å². The molecule has 12 aromatic rings. The van der Waals surface area contributed by atoms with Crippen LogP contribution in [0.5, 0.6) is 0 Å². The standard InChI is InChI=1S/C58H37NS2/c1-2-17-45-39(13-1)14-12-23-49(45)48-20-4-3-18-46(48)41-15-11-16-44(35-41)59(43-31-27-38(28-32-43)40-29-33-52-50-21-6-9-25-55(50)60-57(52)36-40)54-24-8-5-19-47(54)42-30-34-53-51-22-7-10-26-56(51)61-58(53)37-42/h1-37H. The van der Waals surface area contributed by atoms with E-state index in [4.69, 9.17) is 0 Å². The fourth-order valence-electron chi connectivity index (χ4n) is 9.18. The average molecular weight is 812 g/mol. The quantitative estimate of drug-likeness (QED) is 0.155. The third-order valence-electron chi connectivity index (χ3n) is 12.1. The largest absolute Gasteiger partial charge is 0.310 e. The molecule has 3 heteroatoms. The topological polar surface area (TPSA) is 3.24 Å². The van der Waals surface area contributed by atoms with Crippen molar-refractivity contribution in [3.05, 3.63) is 224 Å². The van der Waals surface area contributed by atoms with Crippen molar-refractivity contribution in [2.75, 3.05) is 4.90 Å². The number of para-hydroxylation sites is 1. The van der Waals surface area contributed by atoms with Crippen LogP contribution in [0.1, 0.15) is 0 Å². The molecule has 0 amide bonds. The molecule has 1 nitrogen and oxygen atoms in total. The third-order valence-corrected chi connectivity index (χ3v) is 14.4. The van der Waals surface area contributed by atoms with Gasteiger partial charge in [-0.15, -0.1) is 22.7 Å². The minimum Gasteiger partial charge on any atom is -0.310 e. The van der Waals surface area contributed by atoms with Crippen LogP contribution in [0.4, 0.5) is 17.1 Å². The monoisotopic (exact) mass is 811 g/mol. The SMILES string of the molecule is c1cc(-c2ccccc2-c2cccc3ccccc23)cc(N(c2ccc(-c3ccc4c(c3)sc3ccccc34)cc2)c2ccccc2-c2ccc3c(c2)sc2ccccc23)c1. The van der Waals surface area contributed by atoms with Crippen LogP contribution in [0.25, 0.3) is 95.6 Å². The minimum atomic E-state index is 1.10. The summed E-state index contributed by atoms with van der Waals surface area (Å²) in [6.45, 7) is 0. The summed E-state index contributed by atoms with van der Waals surface area (Å²) in [5.41, 5.74) is 13.0. The molecule has 12 rings (SSSR count). The molecule has 0 aliphatic heterocycles. The minimum absolute atomic E-state index is 1.10. The number of rotatable bonds is 7. The Hall–Kier alpha value is -7.30. The molecule has 0 aliphatic rings. The highest BCUT2D eigenvalue weighted by Crippen LogP contribution is 2.45. The fraction of sp³-hybridized carbons (Fsp3) is 0. The van der Waals surface area contributed by atoms with Gasteiger partial charge >= 0.3 is 0 Å². The number of nitrogens with zero attached hydrogens (tertiary/aromatic N) is 1. The van der Waals surface area contributed by atoms with Crippen molar-refractivity contribution in [3.63, 3.8) is 0 Å². The van der Waals surface area contributed by atoms with E-state index in [0.29, 0.717) is 0 Å². The van der Waals surface area contributed by atoms with E-state index in [1.165, 1.54) is 95.6 Å². The number of thiophene rings is 2. The Morgan fingerprint density at radius 2 is 0.770 bits per heavy atom. The van der Waals surface area contributed by atoms with Gasteiger partial charge in [0.2, 0.25) is 0 Å². The van der Waals surface area contributed by atoms with Crippen molar-refractivity contribution >= 4 is 90.9 Å². The third kappa shape index (κ3) is 6.21. The molecule has 0 aliphatic carbocycles. The van der Waals surface area contributed by atoms with Gasteiger partial charge in [-0.1, -0.05) is 170 Å². The van der Waals surface area contributed by atoms with Crippen LogP contribution < -0.4 is 4.90 Å². The molecule has 0 spiro atoms. The van der Waals surface area contributed by atoms with Crippen LogP contribution in [0.2, 0.25) is 0 Å². The van der Waals surface area contributed by atoms with Gasteiger partial charge in [0.15, 0.2) is 0 Å². The summed E-state index contributed by atoms with van der Waals surface area (Å²) in [4.78, 5) is 2.44. The average Bonchev–Trinajstić information content (AvgIpc) is 3.90. The Bertz CT molecular complexity index is 3600. The molecule has 0 bridgehead atoms. The highest BCUT2D eigenvalue weighted by Gasteiger charge is 2.20. The lowest BCUT2D eigenvalue weighted by molar-refractivity contribution is 1.28. The van der Waals surface area contributed by atoms with Crippen LogP contribution >= 0.6 is 22.7 Å². The Labute approximate surface area is 362 Å². The lowest BCUT2D eigenvalue weighted by Crippen LogP contribution is -2.11. The molecule has 0 atom stereocenters. The van der Waals surface area contributed by atoms with Crippen LogP contribution in [-0.2, 0) is 0 Å². The molecule has 2 heterocycles. The van der Waals surface area contributed by atoms with Gasteiger partial charge in [-0.3, -0.25) is 0 Å². The smallest absolute Gasteiger partial charge is 0.0540 e. The first-order chi connectivity index (χ1) is 30.2. The van der Waals surface area contributed by atoms with Gasteiger partial charge in [0, 0.05) is 57.3 Å². The van der Waals surface area contributed by atoms with Crippen LogP contribution in [0.3, 0.4) is 0 Å². The Morgan fingerprint density at radius 3 is 1.52 bits per heavy atom. The summed E-state index contributed by atoms with van der Waals surface area (Å²) in [5, 5.41) is 7.77. The first kappa shape index (κ1) is 35.6. The lowest BCUT2D eigenvalue weighted by Gasteiger charge is -2.28. The Morgan fingerprint density at radius 1 is 0.262 bits per heavy atom. The maximum Gasteiger partial charge on any atom is 0.0540 e. The van der Waals surface area contributed by atoms with Crippen LogP contribution in [-0.4, -0.2) is 0 Å². The number of hydrogen-bond donors (Lipinski definition) is 0. The summed E-state index contributed by atoms with van der Waals surface area (Å²) in [6.07, 6.45) is 0. The van der Waals surface area contributed by atoms with E-state index in [9.17, 15) is 0 Å². The highest BCUT2D eigenvalue weighted by atomic mass is 32.1. The van der Waals surface area contributed by atoms with Crippen molar-refractivity contribution in [2.45, 2.75) is 0 Å². The molecule has 0 unspecified atom stereocenters. The highest BCUT2D eigenvalue weighted by molar-refractivity contribution is 7.26. The molecule has 10 aromatic carbocycles. The summed E-state index contributed by atoms with van der Waals surface area (Å²) in [7, 11) is 0. The maximum absolute atomic E-state index is 2.44. The van der Waals surface area contributed by atoms with Crippen molar-refractivity contribution in [3.8, 4) is 44.5 Å². The summed E-state index contributed by atoms with van der Waals surface area (Å²) >= 11 is 3.73. The second-order valence-corrected chi connectivity index (χ2v) is 17.8. The molecule has 0 N–H and O–H groups in total. The van der Waals surface area contributed by atoms with Crippen LogP contribution in [0.15, 0.2) is 224 Å². The number of fused-ring (bicyclic) bond motifs is 7. The van der Waals surface area contributed by atoms with E-state index in [2.05, 4.69) is 229 Å². The summed E-state index contributed by atoms with van der Waals surface area (Å²) in [6, 6.07) is 82.5. The number of hydrogen-bond acceptors (Lipinski definition) is 3. The van der Waals surface area contributed by atoms with Crippen molar-refractivity contribution in [2.24, 2.45) is 0 Å². The lowest BCUT2D eigenvalue weighted by atomic mass is 9.91. The first-order valence-corrected chi connectivity index (χ1v) is 22.4. The second-order valence-electron chi connectivity index (χ2n) is 15.6. The van der Waals surface area contributed by atoms with Gasteiger partial charge in [-0.2, -0.15) is 0 Å². The van der Waals surface area contributed by atoms with Gasteiger partial charge in [-0.05, 0) is 104 Å². The van der Waals surface area contributed by atoms with Gasteiger partial charge in [-0.25, -0.2) is 0 Å². The Kier molecular flexibility index (Phi) is 8.62. The molecule has 61 heavy (non-hydrogen) atoms. The van der Waals surface area contributed by atoms with Gasteiger partial charge in [0.25, 0.3) is 0 Å². The Balaban J connectivity index is 1.01. The van der Waals surface area contributed by atoms with Crippen molar-refractivity contribution in [1.82, 2.24) is 0 Å². The molecule has 0 saturated carbocycles. The first-order valence-electron chi connectivity index (χ1n) is 20.7. The van der Waals surface area contributed by atoms with Crippen LogP contribution in [0, 0.1) is 0 Å². The molecule has 0 fully saturated rings. The van der Waals surface area contributed by atoms with E-state index in [1.54, 1.807) is 0 Å². The molecule has 286 valence electrons. The van der Waals surface area contributed by atoms with E-state index in [1.807, 2.05) is 22.7 Å². The van der Waals surface area contributed by atoms with Crippen molar-refractivity contribution in [1.29, 1.82) is 0 Å². The number of anilines is 3. The summed E-state index contributed by atoms with van der Waals surface area (Å²) in [5.74, 6) is 0. The fourth-order valence-corrected chi connectivity index (χ4v) is 11.5. The van der Waals surface area contributed by atoms with Gasteiger partial charge in [0.05, 0.1) is 5.69 Å². The van der Waals surface area contributed by atoms with E-state index < -0.39 is 0 Å². The maximum atomic E-state index is 2.44. The summed E-state index contributed by atoms with van der Waals surface area (Å²) < 4.78 is 5.26. The van der Waals surface area contributed by atoms with Gasteiger partial charge < -0.3 is 4.90 Å². The normalized spacial score (nSPS) is 11.6. The zero-order valence-corrected chi connectivity index (χ0v) is 34.8. The van der Waals surface area contributed by atoms with Gasteiger partial charge in [0.1, 0.15) is 0 Å². The molecule has 0 radical (unpaired) electrons. The molecule has 2 aromatic heterocycles. The predicted octanol–water partition coefficient (Wildman–Crippen LogP) is 17.7. The second kappa shape index (κ2) is 14.8. The molecular weight excluding hydrogens is 775 g/mol. The molecule has 0 saturated heterocycles. The zero-order valence-electron chi connectivity index (χ0n) is 33.1. The van der Waals surface area contributed by atoms with E-state index in [-0.39, 0.29) is 0 Å². The number of benzene rings is 10. The van der Waals surface area contributed by atoms with E-state index >= 15 is 0 Å². The zero-order chi connectivity index (χ0) is 40.3. The predicted molar refractivity (Wildman–Crippen MR) is 266 cm³/mol. The van der Waals surface area contributed by atoms with Crippen molar-refractivity contribution < 1.29 is 0 Å². The molecular formula is C58H37NS2.